The van der Waals surface area contributed by atoms with Gasteiger partial charge < -0.3 is 49.3 Å². The Morgan fingerprint density at radius 2 is 1.19 bits per heavy atom. The van der Waals surface area contributed by atoms with Crippen LogP contribution in [0.4, 0.5) is 9.59 Å². The molecule has 2 unspecified atom stereocenters. The minimum absolute atomic E-state index is 0.0389. The van der Waals surface area contributed by atoms with Crippen molar-refractivity contribution in [3.8, 4) is 22.4 Å². The first kappa shape index (κ1) is 43.6. The Bertz CT molecular complexity index is 3000. The van der Waals surface area contributed by atoms with Gasteiger partial charge in [-0.05, 0) is 122 Å². The van der Waals surface area contributed by atoms with Gasteiger partial charge in [0.15, 0.2) is 0 Å². The van der Waals surface area contributed by atoms with Crippen LogP contribution in [-0.4, -0.2) is 129 Å². The van der Waals surface area contributed by atoms with Crippen molar-refractivity contribution in [3.63, 3.8) is 0 Å². The van der Waals surface area contributed by atoms with Crippen LogP contribution in [0.25, 0.3) is 55.5 Å². The molecule has 4 aliphatic heterocycles. The fourth-order valence-corrected chi connectivity index (χ4v) is 12.1. The van der Waals surface area contributed by atoms with Crippen LogP contribution in [0.15, 0.2) is 60.8 Å². The lowest BCUT2D eigenvalue weighted by Crippen LogP contribution is -2.54. The molecule has 3 aromatic heterocycles. The van der Waals surface area contributed by atoms with E-state index >= 15 is 0 Å². The number of aromatic amines is 2. The number of benzene rings is 3. The van der Waals surface area contributed by atoms with E-state index in [9.17, 15) is 19.2 Å². The highest BCUT2D eigenvalue weighted by molar-refractivity contribution is 5.90. The average molecular weight is 937 g/mol. The van der Waals surface area contributed by atoms with Crippen LogP contribution in [0.5, 0.6) is 0 Å². The zero-order valence-corrected chi connectivity index (χ0v) is 38.9. The minimum Gasteiger partial charge on any atom is -0.453 e. The molecule has 2 saturated carbocycles. The van der Waals surface area contributed by atoms with Gasteiger partial charge in [0.2, 0.25) is 11.8 Å². The molecular formula is C51H56N10O8. The SMILES string of the molecule is COC(=O)N[C@H](C(=O)N1C2C(C[C@H]1c1nc3ccc(-c4ccc5nc(-c6ccc7nc([C@@H]8C[C@H]9C[C@H]9N8C(=O)[C@@H](NC(=O)OC)C8CCOCC8)[nH]c7c6)cnc5c4)cc3[nH]1)[C@H]2C)C1CCOCC1. The van der Waals surface area contributed by atoms with Crippen molar-refractivity contribution in [2.75, 3.05) is 40.6 Å². The van der Waals surface area contributed by atoms with Crippen LogP contribution in [0, 0.1) is 29.6 Å². The Labute approximate surface area is 397 Å². The number of likely N-dealkylation sites (tertiary alicyclic amines) is 2. The van der Waals surface area contributed by atoms with E-state index in [0.717, 1.165) is 86.4 Å². The largest absolute Gasteiger partial charge is 0.453 e. The van der Waals surface area contributed by atoms with E-state index in [1.165, 1.54) is 14.2 Å². The van der Waals surface area contributed by atoms with E-state index in [4.69, 9.17) is 38.9 Å². The van der Waals surface area contributed by atoms with Crippen molar-refractivity contribution in [2.24, 2.45) is 29.6 Å². The smallest absolute Gasteiger partial charge is 0.407 e. The number of rotatable bonds is 10. The second-order valence-corrected chi connectivity index (χ2v) is 19.9. The summed E-state index contributed by atoms with van der Waals surface area (Å²) in [5, 5.41) is 5.74. The van der Waals surface area contributed by atoms with Gasteiger partial charge in [0.05, 0.1) is 71.3 Å². The molecule has 6 fully saturated rings. The number of fused-ring (bicyclic) bond motifs is 5. The van der Waals surface area contributed by atoms with Gasteiger partial charge in [0.25, 0.3) is 0 Å². The number of piperidine rings is 2. The fraction of sp³-hybridized carbons (Fsp3) is 0.490. The summed E-state index contributed by atoms with van der Waals surface area (Å²) in [6.45, 7) is 4.41. The predicted octanol–water partition coefficient (Wildman–Crippen LogP) is 6.59. The summed E-state index contributed by atoms with van der Waals surface area (Å²) in [5.41, 5.74) is 8.40. The number of aromatic nitrogens is 6. The van der Waals surface area contributed by atoms with Crippen LogP contribution in [-0.2, 0) is 28.5 Å². The number of alkyl carbamates (subject to hydrolysis) is 2. The lowest BCUT2D eigenvalue weighted by Gasteiger charge is -2.35. The zero-order chi connectivity index (χ0) is 47.1. The number of methoxy groups -OCH3 is 2. The van der Waals surface area contributed by atoms with Crippen molar-refractivity contribution >= 4 is 57.1 Å². The van der Waals surface area contributed by atoms with Gasteiger partial charge in [0, 0.05) is 44.1 Å². The molecule has 4 N–H and O–H groups in total. The molecule has 3 aromatic carbocycles. The number of carbonyl (C=O) groups excluding carboxylic acids is 4. The summed E-state index contributed by atoms with van der Waals surface area (Å²) < 4.78 is 21.0. The first-order valence-corrected chi connectivity index (χ1v) is 24.4. The molecule has 4 amide bonds. The van der Waals surface area contributed by atoms with Gasteiger partial charge >= 0.3 is 12.2 Å². The van der Waals surface area contributed by atoms with Gasteiger partial charge in [-0.25, -0.2) is 24.5 Å². The van der Waals surface area contributed by atoms with Gasteiger partial charge in [-0.15, -0.1) is 0 Å². The third-order valence-corrected chi connectivity index (χ3v) is 16.0. The average Bonchev–Trinajstić information content (AvgIpc) is 3.88. The molecule has 0 bridgehead atoms. The Hall–Kier alpha value is -6.66. The summed E-state index contributed by atoms with van der Waals surface area (Å²) in [5.74, 6) is 2.40. The van der Waals surface area contributed by atoms with Crippen LogP contribution in [0.3, 0.4) is 0 Å². The van der Waals surface area contributed by atoms with E-state index in [-0.39, 0.29) is 47.8 Å². The standard InChI is InChI=1S/C51H56N10O8/c1-25-32-23-42(61(45(25)32)49(63)44(59-51(65)67-3)27-12-16-69-17-13-27)47-55-34-8-5-29(19-37(34)56-47)28-4-7-33-36(18-28)52-24-39(53-33)30-6-9-35-38(20-30)57-46(54-35)41-22-31-21-40(31)60(41)48(62)43(58-50(64)66-2)26-10-14-68-15-11-26/h4-9,18-20,24-27,31-32,40-45H,10-17,21-23H2,1-3H3,(H,54,57)(H,55,56)(H,58,64)(H,59,65)/t25-,31-,32?,40-,41+,42+,43+,44+,45?/m1/s1. The van der Waals surface area contributed by atoms with E-state index in [1.54, 1.807) is 6.20 Å². The number of carbonyl (C=O) groups is 4. The monoisotopic (exact) mass is 936 g/mol. The third-order valence-electron chi connectivity index (χ3n) is 16.0. The third kappa shape index (κ3) is 7.90. The molecule has 12 rings (SSSR count). The first-order valence-electron chi connectivity index (χ1n) is 24.4. The first-order chi connectivity index (χ1) is 33.6. The maximum atomic E-state index is 14.5. The summed E-state index contributed by atoms with van der Waals surface area (Å²) in [6.07, 6.45) is 5.90. The Balaban J connectivity index is 0.768. The minimum atomic E-state index is -0.702. The van der Waals surface area contributed by atoms with Gasteiger partial charge in [-0.3, -0.25) is 14.6 Å². The summed E-state index contributed by atoms with van der Waals surface area (Å²) in [7, 11) is 2.64. The van der Waals surface area contributed by atoms with E-state index in [2.05, 4.69) is 39.7 Å². The lowest BCUT2D eigenvalue weighted by molar-refractivity contribution is -0.139. The molecule has 18 heteroatoms. The highest BCUT2D eigenvalue weighted by Crippen LogP contribution is 2.58. The Morgan fingerprint density at radius 1 is 0.652 bits per heavy atom. The van der Waals surface area contributed by atoms with Crippen LogP contribution >= 0.6 is 0 Å². The molecule has 18 nitrogen and oxygen atoms in total. The molecule has 2 aliphatic carbocycles. The zero-order valence-electron chi connectivity index (χ0n) is 38.9. The van der Waals surface area contributed by atoms with Crippen LogP contribution < -0.4 is 10.6 Å². The maximum Gasteiger partial charge on any atom is 0.407 e. The molecule has 9 atom stereocenters. The Morgan fingerprint density at radius 3 is 1.80 bits per heavy atom. The summed E-state index contributed by atoms with van der Waals surface area (Å²) >= 11 is 0. The normalized spacial score (nSPS) is 26.4. The molecule has 7 heterocycles. The number of nitrogens with one attached hydrogen (secondary N) is 4. The molecule has 4 saturated heterocycles. The van der Waals surface area contributed by atoms with E-state index < -0.39 is 24.3 Å². The highest BCUT2D eigenvalue weighted by atomic mass is 16.5. The lowest BCUT2D eigenvalue weighted by atomic mass is 9.90. The quantitative estimate of drug-likeness (QED) is 0.114. The summed E-state index contributed by atoms with van der Waals surface area (Å²) in [4.78, 5) is 84.7. The maximum absolute atomic E-state index is 14.5. The summed E-state index contributed by atoms with van der Waals surface area (Å²) in [6, 6.07) is 16.6. The van der Waals surface area contributed by atoms with Gasteiger partial charge in [0.1, 0.15) is 23.7 Å². The number of nitrogens with zero attached hydrogens (tertiary/aromatic N) is 6. The molecule has 358 valence electrons. The topological polar surface area (TPSA) is 219 Å². The number of imidazole rings is 2. The fourth-order valence-electron chi connectivity index (χ4n) is 12.1. The van der Waals surface area contributed by atoms with Crippen molar-refractivity contribution in [3.05, 3.63) is 72.4 Å². The molecular weight excluding hydrogens is 881 g/mol. The predicted molar refractivity (Wildman–Crippen MR) is 252 cm³/mol. The molecule has 0 radical (unpaired) electrons. The highest BCUT2D eigenvalue weighted by Gasteiger charge is 2.62. The molecule has 0 spiro atoms. The molecule has 6 aromatic rings. The van der Waals surface area contributed by atoms with Gasteiger partial charge in [-0.1, -0.05) is 25.1 Å². The van der Waals surface area contributed by atoms with E-state index in [1.807, 2.05) is 52.3 Å². The second kappa shape index (κ2) is 17.4. The van der Waals surface area contributed by atoms with Crippen molar-refractivity contribution in [1.29, 1.82) is 0 Å². The van der Waals surface area contributed by atoms with Crippen molar-refractivity contribution in [2.45, 2.75) is 88.1 Å². The van der Waals surface area contributed by atoms with E-state index in [0.29, 0.717) is 69.9 Å². The number of hydrogen-bond donors (Lipinski definition) is 4. The number of ether oxygens (including phenoxy) is 4. The number of amides is 4. The van der Waals surface area contributed by atoms with Crippen LogP contribution in [0.1, 0.15) is 75.6 Å². The Kier molecular flexibility index (Phi) is 11.0. The second-order valence-electron chi connectivity index (χ2n) is 19.9. The van der Waals surface area contributed by atoms with Gasteiger partial charge in [-0.2, -0.15) is 0 Å². The number of hydrogen-bond acceptors (Lipinski definition) is 12. The number of H-pyrrole nitrogens is 2. The van der Waals surface area contributed by atoms with Crippen LogP contribution in [0.2, 0.25) is 0 Å². The molecule has 6 aliphatic rings. The van der Waals surface area contributed by atoms with Crippen molar-refractivity contribution in [1.82, 2.24) is 50.3 Å². The van der Waals surface area contributed by atoms with Crippen molar-refractivity contribution < 1.29 is 38.1 Å². The molecule has 69 heavy (non-hydrogen) atoms.